The number of methoxy groups -OCH3 is 1. The molecule has 1 aromatic carbocycles. The molecule has 7 heteroatoms. The fourth-order valence-corrected chi connectivity index (χ4v) is 4.85. The third kappa shape index (κ3) is 3.19. The number of hydrogen-bond acceptors (Lipinski definition) is 6. The van der Waals surface area contributed by atoms with E-state index in [0.717, 1.165) is 16.9 Å². The van der Waals surface area contributed by atoms with Crippen molar-refractivity contribution in [3.05, 3.63) is 52.1 Å². The first-order valence-corrected chi connectivity index (χ1v) is 9.87. The summed E-state index contributed by atoms with van der Waals surface area (Å²) in [5.74, 6) is -0.398. The molecule has 0 radical (unpaired) electrons. The minimum atomic E-state index is -0.350. The maximum Gasteiger partial charge on any atom is 0.337 e. The molecule has 0 N–H and O–H groups in total. The van der Waals surface area contributed by atoms with E-state index >= 15 is 0 Å². The monoisotopic (exact) mass is 402 g/mol. The maximum absolute atomic E-state index is 12.4. The lowest BCUT2D eigenvalue weighted by atomic mass is 9.83. The number of rotatable bonds is 3. The summed E-state index contributed by atoms with van der Waals surface area (Å²) in [6.07, 6.45) is 3.81. The van der Waals surface area contributed by atoms with E-state index in [1.165, 1.54) is 18.9 Å². The van der Waals surface area contributed by atoms with E-state index < -0.39 is 0 Å². The number of likely N-dealkylation sites (N-methyl/N-ethyl adjacent to an activating group) is 2. The molecule has 1 fully saturated rings. The van der Waals surface area contributed by atoms with E-state index in [1.54, 1.807) is 11.0 Å². The van der Waals surface area contributed by atoms with Gasteiger partial charge in [-0.25, -0.2) is 4.79 Å². The predicted octanol–water partition coefficient (Wildman–Crippen LogP) is 3.85. The first kappa shape index (κ1) is 19.6. The lowest BCUT2D eigenvalue weighted by Gasteiger charge is -2.23. The van der Waals surface area contributed by atoms with Gasteiger partial charge in [0.2, 0.25) is 0 Å². The van der Waals surface area contributed by atoms with E-state index in [1.807, 2.05) is 38.3 Å². The topological polar surface area (TPSA) is 49.9 Å². The zero-order valence-corrected chi connectivity index (χ0v) is 17.7. The van der Waals surface area contributed by atoms with E-state index in [9.17, 15) is 9.59 Å². The molecule has 0 bridgehead atoms. The van der Waals surface area contributed by atoms with Crippen LogP contribution in [0.1, 0.15) is 36.7 Å². The van der Waals surface area contributed by atoms with Crippen molar-refractivity contribution in [3.63, 3.8) is 0 Å². The Balaban J connectivity index is 1.99. The third-order valence-electron chi connectivity index (χ3n) is 5.04. The molecule has 0 atom stereocenters. The van der Waals surface area contributed by atoms with E-state index in [2.05, 4.69) is 18.7 Å². The van der Waals surface area contributed by atoms with Gasteiger partial charge in [-0.3, -0.25) is 9.69 Å². The lowest BCUT2D eigenvalue weighted by molar-refractivity contribution is -0.122. The molecular weight excluding hydrogens is 380 g/mol. The number of carbonyl (C=O) groups excluding carboxylic acids is 2. The van der Waals surface area contributed by atoms with Gasteiger partial charge in [-0.2, -0.15) is 0 Å². The Morgan fingerprint density at radius 3 is 2.63 bits per heavy atom. The highest BCUT2D eigenvalue weighted by Gasteiger charge is 2.39. The summed E-state index contributed by atoms with van der Waals surface area (Å²) in [5.41, 5.74) is 3.34. The highest BCUT2D eigenvalue weighted by molar-refractivity contribution is 8.26. The molecule has 0 saturated carbocycles. The standard InChI is InChI=1S/C20H22N2O3S2/c1-6-22-17(23)15(27-19(22)26)9-10-16-20(2,3)13-11-12(18(24)25-5)7-8-14(13)21(16)4/h7-11H,6H2,1-5H3. The molecule has 27 heavy (non-hydrogen) atoms. The Kier molecular flexibility index (Phi) is 5.18. The Labute approximate surface area is 169 Å². The molecule has 1 aromatic rings. The van der Waals surface area contributed by atoms with Crippen molar-refractivity contribution in [3.8, 4) is 0 Å². The number of thioether (sulfide) groups is 1. The second kappa shape index (κ2) is 7.13. The molecule has 0 unspecified atom stereocenters. The van der Waals surface area contributed by atoms with Gasteiger partial charge in [-0.05, 0) is 42.8 Å². The summed E-state index contributed by atoms with van der Waals surface area (Å²) < 4.78 is 5.44. The number of thiocarbonyl (C=S) groups is 1. The van der Waals surface area contributed by atoms with Gasteiger partial charge in [0.15, 0.2) is 0 Å². The molecule has 2 aliphatic heterocycles. The van der Waals surface area contributed by atoms with Crippen molar-refractivity contribution in [2.75, 3.05) is 25.6 Å². The number of carbonyl (C=O) groups is 2. The molecule has 3 rings (SSSR count). The lowest BCUT2D eigenvalue weighted by Crippen LogP contribution is -2.27. The van der Waals surface area contributed by atoms with Crippen molar-refractivity contribution >= 4 is 45.9 Å². The largest absolute Gasteiger partial charge is 0.465 e. The summed E-state index contributed by atoms with van der Waals surface area (Å²) in [7, 11) is 3.37. The van der Waals surface area contributed by atoms with Crippen LogP contribution in [0.4, 0.5) is 5.69 Å². The second-order valence-electron chi connectivity index (χ2n) is 6.91. The van der Waals surface area contributed by atoms with E-state index in [0.29, 0.717) is 21.3 Å². The quantitative estimate of drug-likeness (QED) is 0.435. The zero-order valence-electron chi connectivity index (χ0n) is 16.0. The van der Waals surface area contributed by atoms with Crippen molar-refractivity contribution in [2.24, 2.45) is 0 Å². The summed E-state index contributed by atoms with van der Waals surface area (Å²) >= 11 is 6.60. The fourth-order valence-electron chi connectivity index (χ4n) is 3.52. The Bertz CT molecular complexity index is 902. The number of allylic oxidation sites excluding steroid dienone is 3. The molecule has 1 amide bonds. The van der Waals surface area contributed by atoms with Gasteiger partial charge in [0.25, 0.3) is 5.91 Å². The SMILES string of the molecule is CCN1C(=O)C(=CC=C2N(C)c3ccc(C(=O)OC)cc3C2(C)C)SC1=S. The average molecular weight is 403 g/mol. The number of fused-ring (bicyclic) bond motifs is 1. The molecule has 2 heterocycles. The molecule has 0 aliphatic carbocycles. The first-order chi connectivity index (χ1) is 12.7. The van der Waals surface area contributed by atoms with Gasteiger partial charge in [-0.1, -0.05) is 37.8 Å². The van der Waals surface area contributed by atoms with Crippen molar-refractivity contribution in [2.45, 2.75) is 26.2 Å². The smallest absolute Gasteiger partial charge is 0.337 e. The van der Waals surface area contributed by atoms with Gasteiger partial charge in [0.1, 0.15) is 4.32 Å². The third-order valence-corrected chi connectivity index (χ3v) is 6.43. The van der Waals surface area contributed by atoms with Crippen LogP contribution < -0.4 is 4.90 Å². The summed E-state index contributed by atoms with van der Waals surface area (Å²) in [6.45, 7) is 6.70. The Morgan fingerprint density at radius 2 is 2.04 bits per heavy atom. The van der Waals surface area contributed by atoms with Gasteiger partial charge in [0.05, 0.1) is 17.6 Å². The summed E-state index contributed by atoms with van der Waals surface area (Å²) in [6, 6.07) is 5.59. The van der Waals surface area contributed by atoms with Crippen LogP contribution >= 0.6 is 24.0 Å². The van der Waals surface area contributed by atoms with E-state index in [-0.39, 0.29) is 17.3 Å². The van der Waals surface area contributed by atoms with Crippen LogP contribution in [0.5, 0.6) is 0 Å². The van der Waals surface area contributed by atoms with E-state index in [4.69, 9.17) is 17.0 Å². The van der Waals surface area contributed by atoms with Crippen molar-refractivity contribution in [1.29, 1.82) is 0 Å². The highest BCUT2D eigenvalue weighted by Crippen LogP contribution is 2.47. The first-order valence-electron chi connectivity index (χ1n) is 8.65. The van der Waals surface area contributed by atoms with Crippen LogP contribution in [0.15, 0.2) is 41.0 Å². The highest BCUT2D eigenvalue weighted by atomic mass is 32.2. The molecule has 1 saturated heterocycles. The van der Waals surface area contributed by atoms with Crippen LogP contribution in [0.25, 0.3) is 0 Å². The summed E-state index contributed by atoms with van der Waals surface area (Å²) in [4.78, 5) is 28.6. The van der Waals surface area contributed by atoms with Crippen LogP contribution in [-0.2, 0) is 14.9 Å². The number of ether oxygens (including phenoxy) is 1. The molecular formula is C20H22N2O3S2. The van der Waals surface area contributed by atoms with Gasteiger partial charge < -0.3 is 9.64 Å². The summed E-state index contributed by atoms with van der Waals surface area (Å²) in [5, 5.41) is 0. The number of amides is 1. The van der Waals surface area contributed by atoms with Crippen molar-refractivity contribution < 1.29 is 14.3 Å². The minimum Gasteiger partial charge on any atom is -0.465 e. The maximum atomic E-state index is 12.4. The van der Waals surface area contributed by atoms with Crippen LogP contribution in [-0.4, -0.2) is 41.8 Å². The van der Waals surface area contributed by atoms with Gasteiger partial charge >= 0.3 is 5.97 Å². The van der Waals surface area contributed by atoms with Crippen LogP contribution in [0.3, 0.4) is 0 Å². The molecule has 2 aliphatic rings. The normalized spacial score (nSPS) is 21.4. The van der Waals surface area contributed by atoms with Crippen molar-refractivity contribution in [1.82, 2.24) is 4.90 Å². The van der Waals surface area contributed by atoms with Crippen LogP contribution in [0.2, 0.25) is 0 Å². The molecule has 5 nitrogen and oxygen atoms in total. The Hall–Kier alpha value is -2.12. The molecule has 142 valence electrons. The van der Waals surface area contributed by atoms with Crippen LogP contribution in [0, 0.1) is 0 Å². The van der Waals surface area contributed by atoms with Gasteiger partial charge in [0, 0.05) is 30.4 Å². The number of anilines is 1. The number of hydrogen-bond donors (Lipinski definition) is 0. The number of esters is 1. The number of benzene rings is 1. The van der Waals surface area contributed by atoms with Gasteiger partial charge in [-0.15, -0.1) is 0 Å². The molecule has 0 spiro atoms. The fraction of sp³-hybridized carbons (Fsp3) is 0.350. The molecule has 0 aromatic heterocycles. The predicted molar refractivity (Wildman–Crippen MR) is 113 cm³/mol. The number of nitrogens with zero attached hydrogens (tertiary/aromatic N) is 2. The zero-order chi connectivity index (χ0) is 19.9. The Morgan fingerprint density at radius 1 is 1.33 bits per heavy atom. The second-order valence-corrected chi connectivity index (χ2v) is 8.58. The average Bonchev–Trinajstić information content (AvgIpc) is 3.02. The minimum absolute atomic E-state index is 0.0479.